The van der Waals surface area contributed by atoms with Crippen LogP contribution in [0.4, 0.5) is 18.9 Å². The van der Waals surface area contributed by atoms with Crippen molar-refractivity contribution in [3.8, 4) is 0 Å². The van der Waals surface area contributed by atoms with Crippen LogP contribution < -0.4 is 5.73 Å². The molecule has 1 aromatic rings. The zero-order valence-electron chi connectivity index (χ0n) is 6.92. The van der Waals surface area contributed by atoms with Gasteiger partial charge in [-0.25, -0.2) is 21.6 Å². The van der Waals surface area contributed by atoms with Crippen LogP contribution >= 0.6 is 10.7 Å². The summed E-state index contributed by atoms with van der Waals surface area (Å²) >= 11 is 0. The standard InChI is InChI=1S/C6H4ClF3N2O2S/c7-15(13,14)5-3(8)2(11)1-12-4(5)6(9)10/h1,6H,11H2. The van der Waals surface area contributed by atoms with Gasteiger partial charge in [-0.15, -0.1) is 0 Å². The summed E-state index contributed by atoms with van der Waals surface area (Å²) in [6.45, 7) is 0. The van der Waals surface area contributed by atoms with Gasteiger partial charge in [0, 0.05) is 10.7 Å². The summed E-state index contributed by atoms with van der Waals surface area (Å²) in [6.07, 6.45) is -2.66. The largest absolute Gasteiger partial charge is 0.395 e. The molecule has 9 heteroatoms. The molecule has 0 radical (unpaired) electrons. The monoisotopic (exact) mass is 260 g/mol. The fourth-order valence-corrected chi connectivity index (χ4v) is 2.05. The molecule has 0 fully saturated rings. The van der Waals surface area contributed by atoms with E-state index in [9.17, 15) is 21.6 Å². The molecule has 0 aliphatic heterocycles. The molecule has 2 N–H and O–H groups in total. The molecule has 0 aliphatic carbocycles. The Kier molecular flexibility index (Phi) is 3.10. The fourth-order valence-electron chi connectivity index (χ4n) is 0.885. The van der Waals surface area contributed by atoms with E-state index in [0.29, 0.717) is 6.20 Å². The number of pyridine rings is 1. The molecule has 84 valence electrons. The minimum Gasteiger partial charge on any atom is -0.395 e. The predicted molar refractivity (Wildman–Crippen MR) is 46.6 cm³/mol. The van der Waals surface area contributed by atoms with E-state index >= 15 is 0 Å². The molecule has 15 heavy (non-hydrogen) atoms. The molecule has 0 saturated heterocycles. The molecular formula is C6H4ClF3N2O2S. The Morgan fingerprint density at radius 1 is 1.47 bits per heavy atom. The van der Waals surface area contributed by atoms with E-state index in [4.69, 9.17) is 16.4 Å². The highest BCUT2D eigenvalue weighted by Gasteiger charge is 2.28. The predicted octanol–water partition coefficient (Wildman–Crippen LogP) is 1.67. The van der Waals surface area contributed by atoms with Crippen LogP contribution in [0.15, 0.2) is 11.1 Å². The maximum Gasteiger partial charge on any atom is 0.281 e. The Morgan fingerprint density at radius 2 is 2.00 bits per heavy atom. The molecule has 0 unspecified atom stereocenters. The molecule has 1 aromatic heterocycles. The molecular weight excluding hydrogens is 257 g/mol. The van der Waals surface area contributed by atoms with Gasteiger partial charge in [0.1, 0.15) is 10.6 Å². The van der Waals surface area contributed by atoms with E-state index in [2.05, 4.69) is 4.98 Å². The molecule has 0 aliphatic rings. The van der Waals surface area contributed by atoms with Crippen LogP contribution in [0.2, 0.25) is 0 Å². The lowest BCUT2D eigenvalue weighted by atomic mass is 10.3. The minimum absolute atomic E-state index is 0.600. The van der Waals surface area contributed by atoms with Gasteiger partial charge in [0.05, 0.1) is 11.9 Å². The van der Waals surface area contributed by atoms with Gasteiger partial charge in [-0.1, -0.05) is 0 Å². The van der Waals surface area contributed by atoms with E-state index in [-0.39, 0.29) is 0 Å². The van der Waals surface area contributed by atoms with E-state index in [0.717, 1.165) is 0 Å². The van der Waals surface area contributed by atoms with Crippen LogP contribution in [0.1, 0.15) is 12.1 Å². The second-order valence-electron chi connectivity index (χ2n) is 2.48. The maximum absolute atomic E-state index is 13.2. The van der Waals surface area contributed by atoms with Crippen LogP contribution in [0.5, 0.6) is 0 Å². The third kappa shape index (κ3) is 2.32. The zero-order valence-corrected chi connectivity index (χ0v) is 8.49. The van der Waals surface area contributed by atoms with Gasteiger partial charge in [-0.2, -0.15) is 0 Å². The van der Waals surface area contributed by atoms with Crippen LogP contribution in [-0.2, 0) is 9.05 Å². The quantitative estimate of drug-likeness (QED) is 0.821. The van der Waals surface area contributed by atoms with Gasteiger partial charge in [0.2, 0.25) is 0 Å². The number of halogens is 4. The second-order valence-corrected chi connectivity index (χ2v) is 4.98. The molecule has 1 heterocycles. The second kappa shape index (κ2) is 3.86. The summed E-state index contributed by atoms with van der Waals surface area (Å²) in [7, 11) is 0.131. The molecule has 0 saturated carbocycles. The van der Waals surface area contributed by atoms with Gasteiger partial charge < -0.3 is 5.73 Å². The first-order valence-corrected chi connectivity index (χ1v) is 5.72. The topological polar surface area (TPSA) is 73.0 Å². The van der Waals surface area contributed by atoms with Gasteiger partial charge in [-0.3, -0.25) is 4.98 Å². The van der Waals surface area contributed by atoms with E-state index in [1.165, 1.54) is 0 Å². The van der Waals surface area contributed by atoms with Gasteiger partial charge >= 0.3 is 0 Å². The first-order valence-electron chi connectivity index (χ1n) is 3.42. The van der Waals surface area contributed by atoms with E-state index in [1.807, 2.05) is 0 Å². The SMILES string of the molecule is Nc1cnc(C(F)F)c(S(=O)(=O)Cl)c1F. The van der Waals surface area contributed by atoms with Gasteiger partial charge in [0.15, 0.2) is 5.82 Å². The highest BCUT2D eigenvalue weighted by Crippen LogP contribution is 2.31. The summed E-state index contributed by atoms with van der Waals surface area (Å²) in [6, 6.07) is 0. The third-order valence-electron chi connectivity index (χ3n) is 1.48. The van der Waals surface area contributed by atoms with Crippen molar-refractivity contribution in [1.29, 1.82) is 0 Å². The van der Waals surface area contributed by atoms with Crippen LogP contribution in [0.25, 0.3) is 0 Å². The van der Waals surface area contributed by atoms with Crippen molar-refractivity contribution < 1.29 is 21.6 Å². The van der Waals surface area contributed by atoms with Crippen LogP contribution in [-0.4, -0.2) is 13.4 Å². The summed E-state index contributed by atoms with van der Waals surface area (Å²) in [5.74, 6) is -1.52. The average Bonchev–Trinajstić information content (AvgIpc) is 2.06. The van der Waals surface area contributed by atoms with Crippen molar-refractivity contribution >= 4 is 25.4 Å². The summed E-state index contributed by atoms with van der Waals surface area (Å²) in [5.41, 5.74) is 3.06. The lowest BCUT2D eigenvalue weighted by Gasteiger charge is -2.07. The maximum atomic E-state index is 13.2. The summed E-state index contributed by atoms with van der Waals surface area (Å²) in [5, 5.41) is 0. The zero-order chi connectivity index (χ0) is 11.8. The highest BCUT2D eigenvalue weighted by molar-refractivity contribution is 8.13. The Hall–Kier alpha value is -1.02. The van der Waals surface area contributed by atoms with Crippen molar-refractivity contribution in [2.75, 3.05) is 5.73 Å². The lowest BCUT2D eigenvalue weighted by molar-refractivity contribution is 0.141. The first-order chi connectivity index (χ1) is 6.75. The molecule has 0 amide bonds. The molecule has 1 rings (SSSR count). The van der Waals surface area contributed by atoms with Crippen molar-refractivity contribution in [3.63, 3.8) is 0 Å². The molecule has 0 spiro atoms. The Balaban J connectivity index is 3.65. The number of rotatable bonds is 2. The normalized spacial score (nSPS) is 12.1. The minimum atomic E-state index is -4.66. The molecule has 0 atom stereocenters. The first kappa shape index (κ1) is 12.1. The van der Waals surface area contributed by atoms with E-state index < -0.39 is 37.6 Å². The van der Waals surface area contributed by atoms with Crippen LogP contribution in [0.3, 0.4) is 0 Å². The Labute approximate surface area is 87.3 Å². The Bertz CT molecular complexity index is 491. The number of nitrogen functional groups attached to an aromatic ring is 1. The van der Waals surface area contributed by atoms with Crippen molar-refractivity contribution in [2.45, 2.75) is 11.3 Å². The number of hydrogen-bond donors (Lipinski definition) is 1. The third-order valence-corrected chi connectivity index (χ3v) is 2.82. The number of aromatic nitrogens is 1. The smallest absolute Gasteiger partial charge is 0.281 e. The summed E-state index contributed by atoms with van der Waals surface area (Å²) in [4.78, 5) is 1.65. The molecule has 4 nitrogen and oxygen atoms in total. The average molecular weight is 261 g/mol. The summed E-state index contributed by atoms with van der Waals surface area (Å²) < 4.78 is 59.4. The molecule has 0 aromatic carbocycles. The van der Waals surface area contributed by atoms with Crippen molar-refractivity contribution in [1.82, 2.24) is 4.98 Å². The van der Waals surface area contributed by atoms with Crippen molar-refractivity contribution in [2.24, 2.45) is 0 Å². The number of nitrogens with two attached hydrogens (primary N) is 1. The highest BCUT2D eigenvalue weighted by atomic mass is 35.7. The lowest BCUT2D eigenvalue weighted by Crippen LogP contribution is -2.08. The van der Waals surface area contributed by atoms with Crippen LogP contribution in [0, 0.1) is 5.82 Å². The molecule has 0 bridgehead atoms. The number of anilines is 1. The number of hydrogen-bond acceptors (Lipinski definition) is 4. The number of nitrogens with zero attached hydrogens (tertiary/aromatic N) is 1. The fraction of sp³-hybridized carbons (Fsp3) is 0.167. The van der Waals surface area contributed by atoms with Crippen molar-refractivity contribution in [3.05, 3.63) is 17.7 Å². The Morgan fingerprint density at radius 3 is 2.40 bits per heavy atom. The van der Waals surface area contributed by atoms with E-state index in [1.54, 1.807) is 0 Å². The van der Waals surface area contributed by atoms with Gasteiger partial charge in [0.25, 0.3) is 15.5 Å². The number of alkyl halides is 2. The van der Waals surface area contributed by atoms with Gasteiger partial charge in [-0.05, 0) is 0 Å².